The number of rotatable bonds is 3. The van der Waals surface area contributed by atoms with E-state index >= 15 is 0 Å². The fraction of sp³-hybridized carbons (Fsp3) is 0.0769. The molecule has 106 valence electrons. The first-order valence-electron chi connectivity index (χ1n) is 5.95. The van der Waals surface area contributed by atoms with Gasteiger partial charge in [-0.05, 0) is 30.6 Å². The lowest BCUT2D eigenvalue weighted by molar-refractivity contribution is 0.102. The third kappa shape index (κ3) is 3.10. The average molecular weight is 337 g/mol. The van der Waals surface area contributed by atoms with E-state index in [9.17, 15) is 4.79 Å². The van der Waals surface area contributed by atoms with Crippen LogP contribution in [0.2, 0.25) is 5.02 Å². The Balaban J connectivity index is 1.84. The summed E-state index contributed by atoms with van der Waals surface area (Å²) in [5.74, 6) is -0.305. The predicted molar refractivity (Wildman–Crippen MR) is 85.2 cm³/mol. The Morgan fingerprint density at radius 2 is 2.05 bits per heavy atom. The minimum Gasteiger partial charge on any atom is -0.296 e. The second-order valence-corrected chi connectivity index (χ2v) is 6.42. The SMILES string of the molecule is Cc1sc(NC(=O)c2csnn2)nc1-c1ccc(Cl)cc1. The average Bonchev–Trinajstić information content (AvgIpc) is 3.10. The number of hydrogen-bond acceptors (Lipinski definition) is 6. The second-order valence-electron chi connectivity index (χ2n) is 4.17. The van der Waals surface area contributed by atoms with Crippen LogP contribution in [0.25, 0.3) is 11.3 Å². The summed E-state index contributed by atoms with van der Waals surface area (Å²) >= 11 is 8.44. The minimum atomic E-state index is -0.305. The zero-order chi connectivity index (χ0) is 14.8. The Labute approximate surface area is 133 Å². The van der Waals surface area contributed by atoms with Crippen molar-refractivity contribution >= 4 is 45.5 Å². The van der Waals surface area contributed by atoms with Crippen molar-refractivity contribution in [3.8, 4) is 11.3 Å². The Morgan fingerprint density at radius 3 is 2.71 bits per heavy atom. The third-order valence-corrected chi connectivity index (χ3v) is 4.37. The Kier molecular flexibility index (Phi) is 3.96. The molecule has 0 saturated carbocycles. The van der Waals surface area contributed by atoms with Gasteiger partial charge in [-0.15, -0.1) is 16.4 Å². The van der Waals surface area contributed by atoms with Crippen molar-refractivity contribution in [3.63, 3.8) is 0 Å². The van der Waals surface area contributed by atoms with Crippen molar-refractivity contribution in [2.75, 3.05) is 5.32 Å². The lowest BCUT2D eigenvalue weighted by atomic mass is 10.1. The van der Waals surface area contributed by atoms with Crippen LogP contribution in [0.4, 0.5) is 5.13 Å². The number of halogens is 1. The molecule has 8 heteroatoms. The lowest BCUT2D eigenvalue weighted by Crippen LogP contribution is -2.12. The van der Waals surface area contributed by atoms with Gasteiger partial charge in [0.25, 0.3) is 5.91 Å². The molecule has 0 bridgehead atoms. The molecule has 0 unspecified atom stereocenters. The molecular formula is C13H9ClN4OS2. The number of anilines is 1. The first-order valence-corrected chi connectivity index (χ1v) is 7.98. The van der Waals surface area contributed by atoms with Crippen LogP contribution in [0.1, 0.15) is 15.4 Å². The topological polar surface area (TPSA) is 67.8 Å². The fourth-order valence-electron chi connectivity index (χ4n) is 1.75. The molecule has 21 heavy (non-hydrogen) atoms. The number of aryl methyl sites for hydroxylation is 1. The standard InChI is InChI=1S/C13H9ClN4OS2/c1-7-11(8-2-4-9(14)5-3-8)15-13(21-7)16-12(19)10-6-20-18-17-10/h2-6H,1H3,(H,15,16,19). The summed E-state index contributed by atoms with van der Waals surface area (Å²) in [5.41, 5.74) is 2.09. The van der Waals surface area contributed by atoms with E-state index in [-0.39, 0.29) is 5.91 Å². The van der Waals surface area contributed by atoms with E-state index in [2.05, 4.69) is 19.9 Å². The molecule has 0 spiro atoms. The first-order chi connectivity index (χ1) is 10.1. The summed E-state index contributed by atoms with van der Waals surface area (Å²) in [6, 6.07) is 7.43. The van der Waals surface area contributed by atoms with Gasteiger partial charge in [0, 0.05) is 20.8 Å². The molecular weight excluding hydrogens is 328 g/mol. The number of benzene rings is 1. The van der Waals surface area contributed by atoms with E-state index in [1.165, 1.54) is 11.3 Å². The number of carbonyl (C=O) groups excluding carboxylic acids is 1. The largest absolute Gasteiger partial charge is 0.296 e. The van der Waals surface area contributed by atoms with E-state index in [1.807, 2.05) is 31.2 Å². The molecule has 3 aromatic rings. The smallest absolute Gasteiger partial charge is 0.278 e. The zero-order valence-electron chi connectivity index (χ0n) is 10.8. The van der Waals surface area contributed by atoms with Crippen molar-refractivity contribution in [2.45, 2.75) is 6.92 Å². The molecule has 3 rings (SSSR count). The second kappa shape index (κ2) is 5.88. The molecule has 1 amide bonds. The molecule has 0 radical (unpaired) electrons. The van der Waals surface area contributed by atoms with Crippen LogP contribution in [-0.2, 0) is 0 Å². The third-order valence-electron chi connectivity index (χ3n) is 2.73. The number of nitrogens with one attached hydrogen (secondary N) is 1. The van der Waals surface area contributed by atoms with Crippen LogP contribution in [0, 0.1) is 6.92 Å². The van der Waals surface area contributed by atoms with Crippen molar-refractivity contribution < 1.29 is 4.79 Å². The number of hydrogen-bond donors (Lipinski definition) is 1. The Hall–Kier alpha value is -1.83. The van der Waals surface area contributed by atoms with Gasteiger partial charge in [-0.2, -0.15) is 0 Å². The highest BCUT2D eigenvalue weighted by Crippen LogP contribution is 2.31. The van der Waals surface area contributed by atoms with E-state index in [1.54, 1.807) is 5.38 Å². The lowest BCUT2D eigenvalue weighted by Gasteiger charge is -1.98. The van der Waals surface area contributed by atoms with Gasteiger partial charge < -0.3 is 0 Å². The highest BCUT2D eigenvalue weighted by Gasteiger charge is 2.14. The summed E-state index contributed by atoms with van der Waals surface area (Å²) in [4.78, 5) is 17.4. The normalized spacial score (nSPS) is 10.6. The molecule has 5 nitrogen and oxygen atoms in total. The summed E-state index contributed by atoms with van der Waals surface area (Å²) in [5, 5.41) is 9.27. The van der Waals surface area contributed by atoms with Crippen molar-refractivity contribution in [2.24, 2.45) is 0 Å². The molecule has 0 aliphatic heterocycles. The zero-order valence-corrected chi connectivity index (χ0v) is 13.2. The van der Waals surface area contributed by atoms with Crippen LogP contribution in [0.15, 0.2) is 29.6 Å². The fourth-order valence-corrected chi connectivity index (χ4v) is 3.14. The van der Waals surface area contributed by atoms with Gasteiger partial charge in [0.05, 0.1) is 5.69 Å². The maximum Gasteiger partial charge on any atom is 0.278 e. The molecule has 2 aromatic heterocycles. The van der Waals surface area contributed by atoms with Gasteiger partial charge in [0.15, 0.2) is 10.8 Å². The van der Waals surface area contributed by atoms with Gasteiger partial charge in [0.2, 0.25) is 0 Å². The van der Waals surface area contributed by atoms with Crippen LogP contribution >= 0.6 is 34.5 Å². The highest BCUT2D eigenvalue weighted by atomic mass is 35.5. The summed E-state index contributed by atoms with van der Waals surface area (Å²) in [6.07, 6.45) is 0. The predicted octanol–water partition coefficient (Wildman–Crippen LogP) is 3.88. The van der Waals surface area contributed by atoms with E-state index in [4.69, 9.17) is 11.6 Å². The van der Waals surface area contributed by atoms with Gasteiger partial charge >= 0.3 is 0 Å². The summed E-state index contributed by atoms with van der Waals surface area (Å²) in [7, 11) is 0. The number of amides is 1. The molecule has 0 aliphatic rings. The van der Waals surface area contributed by atoms with Crippen LogP contribution < -0.4 is 5.32 Å². The van der Waals surface area contributed by atoms with Crippen molar-refractivity contribution in [1.29, 1.82) is 0 Å². The molecule has 0 atom stereocenters. The maximum atomic E-state index is 11.9. The van der Waals surface area contributed by atoms with E-state index in [0.29, 0.717) is 15.8 Å². The van der Waals surface area contributed by atoms with Crippen molar-refractivity contribution in [3.05, 3.63) is 45.2 Å². The van der Waals surface area contributed by atoms with Crippen LogP contribution in [-0.4, -0.2) is 20.5 Å². The maximum absolute atomic E-state index is 11.9. The van der Waals surface area contributed by atoms with Crippen molar-refractivity contribution in [1.82, 2.24) is 14.6 Å². The number of carbonyl (C=O) groups is 1. The number of nitrogens with zero attached hydrogens (tertiary/aromatic N) is 3. The van der Waals surface area contributed by atoms with Crippen LogP contribution in [0.5, 0.6) is 0 Å². The summed E-state index contributed by atoms with van der Waals surface area (Å²) < 4.78 is 3.66. The van der Waals surface area contributed by atoms with Gasteiger partial charge in [0.1, 0.15) is 0 Å². The first kappa shape index (κ1) is 14.1. The quantitative estimate of drug-likeness (QED) is 0.788. The van der Waals surface area contributed by atoms with Gasteiger partial charge in [-0.25, -0.2) is 4.98 Å². The Morgan fingerprint density at radius 1 is 1.29 bits per heavy atom. The number of thiazole rings is 1. The van der Waals surface area contributed by atoms with Crippen LogP contribution in [0.3, 0.4) is 0 Å². The highest BCUT2D eigenvalue weighted by molar-refractivity contribution is 7.16. The molecule has 0 fully saturated rings. The van der Waals surface area contributed by atoms with E-state index in [0.717, 1.165) is 27.7 Å². The molecule has 1 N–H and O–H groups in total. The molecule has 2 heterocycles. The monoisotopic (exact) mass is 336 g/mol. The molecule has 0 aliphatic carbocycles. The molecule has 1 aromatic carbocycles. The number of aromatic nitrogens is 3. The van der Waals surface area contributed by atoms with E-state index < -0.39 is 0 Å². The summed E-state index contributed by atoms with van der Waals surface area (Å²) in [6.45, 7) is 1.96. The molecule has 0 saturated heterocycles. The van der Waals surface area contributed by atoms with Gasteiger partial charge in [-0.1, -0.05) is 28.2 Å². The minimum absolute atomic E-state index is 0.292. The van der Waals surface area contributed by atoms with Gasteiger partial charge in [-0.3, -0.25) is 10.1 Å². The Bertz CT molecular complexity index is 768.